The zero-order valence-corrected chi connectivity index (χ0v) is 9.92. The van der Waals surface area contributed by atoms with Crippen LogP contribution in [0.1, 0.15) is 9.88 Å². The molecule has 0 aliphatic rings. The predicted molar refractivity (Wildman–Crippen MR) is 63.6 cm³/mol. The first-order chi connectivity index (χ1) is 8.08. The molecule has 88 valence electrons. The first-order valence-corrected chi connectivity index (χ1v) is 5.82. The molecule has 0 unspecified atom stereocenters. The minimum Gasteiger partial charge on any atom is -0.481 e. The minimum absolute atomic E-state index is 0.130. The zero-order chi connectivity index (χ0) is 12.4. The van der Waals surface area contributed by atoms with Crippen LogP contribution in [0.4, 0.5) is 4.39 Å². The standard InChI is InChI=1S/C12H10FNO2S/c1-7-14-12(10(17-7)6-11(15)16)8-4-2-3-5-9(8)13/h2-5H,6H2,1H3,(H,15,16). The Hall–Kier alpha value is -1.75. The Kier molecular flexibility index (Phi) is 3.19. The Balaban J connectivity index is 2.51. The number of hydrogen-bond acceptors (Lipinski definition) is 3. The first-order valence-electron chi connectivity index (χ1n) is 5.01. The van der Waals surface area contributed by atoms with Crippen molar-refractivity contribution < 1.29 is 14.3 Å². The molecule has 0 radical (unpaired) electrons. The largest absolute Gasteiger partial charge is 0.481 e. The van der Waals surface area contributed by atoms with Crippen LogP contribution in [0.3, 0.4) is 0 Å². The van der Waals surface area contributed by atoms with E-state index in [9.17, 15) is 9.18 Å². The fourth-order valence-electron chi connectivity index (χ4n) is 1.59. The molecule has 0 saturated heterocycles. The predicted octanol–water partition coefficient (Wildman–Crippen LogP) is 2.88. The number of aliphatic carboxylic acids is 1. The number of carboxylic acids is 1. The summed E-state index contributed by atoms with van der Waals surface area (Å²) in [6.07, 6.45) is -0.130. The summed E-state index contributed by atoms with van der Waals surface area (Å²) >= 11 is 1.29. The topological polar surface area (TPSA) is 50.2 Å². The molecule has 3 nitrogen and oxygen atoms in total. The number of hydrogen-bond donors (Lipinski definition) is 1. The highest BCUT2D eigenvalue weighted by Gasteiger charge is 2.16. The number of carboxylic acid groups (broad SMARTS) is 1. The summed E-state index contributed by atoms with van der Waals surface area (Å²) in [6.45, 7) is 1.78. The van der Waals surface area contributed by atoms with E-state index < -0.39 is 5.97 Å². The molecule has 0 bridgehead atoms. The van der Waals surface area contributed by atoms with Gasteiger partial charge in [-0.25, -0.2) is 9.37 Å². The molecular formula is C12H10FNO2S. The van der Waals surface area contributed by atoms with Crippen LogP contribution in [0.25, 0.3) is 11.3 Å². The molecule has 1 N–H and O–H groups in total. The van der Waals surface area contributed by atoms with Gasteiger partial charge in [0.1, 0.15) is 5.82 Å². The van der Waals surface area contributed by atoms with Gasteiger partial charge in [-0.2, -0.15) is 0 Å². The number of nitrogens with zero attached hydrogens (tertiary/aromatic N) is 1. The molecule has 0 atom stereocenters. The van der Waals surface area contributed by atoms with Gasteiger partial charge in [0.15, 0.2) is 0 Å². The van der Waals surface area contributed by atoms with Gasteiger partial charge in [0.2, 0.25) is 0 Å². The Morgan fingerprint density at radius 1 is 1.47 bits per heavy atom. The summed E-state index contributed by atoms with van der Waals surface area (Å²) < 4.78 is 13.6. The molecular weight excluding hydrogens is 241 g/mol. The summed E-state index contributed by atoms with van der Waals surface area (Å²) in [7, 11) is 0. The average Bonchev–Trinajstić information content (AvgIpc) is 2.59. The molecule has 0 spiro atoms. The van der Waals surface area contributed by atoms with Crippen molar-refractivity contribution in [1.82, 2.24) is 4.98 Å². The van der Waals surface area contributed by atoms with E-state index >= 15 is 0 Å². The van der Waals surface area contributed by atoms with Crippen LogP contribution < -0.4 is 0 Å². The normalized spacial score (nSPS) is 10.5. The van der Waals surface area contributed by atoms with Crippen molar-refractivity contribution in [3.63, 3.8) is 0 Å². The quantitative estimate of drug-likeness (QED) is 0.912. The lowest BCUT2D eigenvalue weighted by molar-refractivity contribution is -0.136. The van der Waals surface area contributed by atoms with E-state index in [0.717, 1.165) is 5.01 Å². The van der Waals surface area contributed by atoms with Gasteiger partial charge in [-0.1, -0.05) is 12.1 Å². The Morgan fingerprint density at radius 3 is 2.82 bits per heavy atom. The second-order valence-corrected chi connectivity index (χ2v) is 4.84. The third kappa shape index (κ3) is 2.50. The molecule has 17 heavy (non-hydrogen) atoms. The highest BCUT2D eigenvalue weighted by atomic mass is 32.1. The molecule has 1 aromatic carbocycles. The van der Waals surface area contributed by atoms with E-state index in [4.69, 9.17) is 5.11 Å². The van der Waals surface area contributed by atoms with Gasteiger partial charge in [-0.3, -0.25) is 4.79 Å². The van der Waals surface area contributed by atoms with Crippen molar-refractivity contribution in [2.24, 2.45) is 0 Å². The van der Waals surface area contributed by atoms with Gasteiger partial charge in [0.25, 0.3) is 0 Å². The summed E-state index contributed by atoms with van der Waals surface area (Å²) in [5.74, 6) is -1.32. The number of aromatic nitrogens is 1. The SMILES string of the molecule is Cc1nc(-c2ccccc2F)c(CC(=O)O)s1. The molecule has 1 aromatic heterocycles. The third-order valence-corrected chi connectivity index (χ3v) is 3.22. The van der Waals surface area contributed by atoms with E-state index in [2.05, 4.69) is 4.98 Å². The second-order valence-electron chi connectivity index (χ2n) is 3.56. The molecule has 0 aliphatic heterocycles. The zero-order valence-electron chi connectivity index (χ0n) is 9.11. The Morgan fingerprint density at radius 2 is 2.18 bits per heavy atom. The lowest BCUT2D eigenvalue weighted by Crippen LogP contribution is -2.00. The maximum atomic E-state index is 13.6. The summed E-state index contributed by atoms with van der Waals surface area (Å²) in [4.78, 5) is 15.5. The van der Waals surface area contributed by atoms with Crippen LogP contribution in [0.5, 0.6) is 0 Å². The van der Waals surface area contributed by atoms with Crippen LogP contribution in [0.2, 0.25) is 0 Å². The summed E-state index contributed by atoms with van der Waals surface area (Å²) in [6, 6.07) is 6.25. The molecule has 5 heteroatoms. The van der Waals surface area contributed by atoms with Crippen molar-refractivity contribution >= 4 is 17.3 Å². The fourth-order valence-corrected chi connectivity index (χ4v) is 2.53. The van der Waals surface area contributed by atoms with Gasteiger partial charge in [0.05, 0.1) is 17.1 Å². The maximum absolute atomic E-state index is 13.6. The summed E-state index contributed by atoms with van der Waals surface area (Å²) in [5, 5.41) is 9.54. The number of carbonyl (C=O) groups is 1. The first kappa shape index (κ1) is 11.7. The van der Waals surface area contributed by atoms with E-state index in [1.165, 1.54) is 17.4 Å². The van der Waals surface area contributed by atoms with Gasteiger partial charge in [-0.15, -0.1) is 11.3 Å². The van der Waals surface area contributed by atoms with Gasteiger partial charge in [-0.05, 0) is 19.1 Å². The number of rotatable bonds is 3. The van der Waals surface area contributed by atoms with Crippen LogP contribution in [0, 0.1) is 12.7 Å². The molecule has 0 aliphatic carbocycles. The highest BCUT2D eigenvalue weighted by Crippen LogP contribution is 2.30. The Bertz CT molecular complexity index is 565. The van der Waals surface area contributed by atoms with E-state index in [-0.39, 0.29) is 12.2 Å². The number of thiazole rings is 1. The van der Waals surface area contributed by atoms with Gasteiger partial charge >= 0.3 is 5.97 Å². The van der Waals surface area contributed by atoms with Crippen molar-refractivity contribution in [2.45, 2.75) is 13.3 Å². The minimum atomic E-state index is -0.939. The molecule has 2 aromatic rings. The van der Waals surface area contributed by atoms with Gasteiger partial charge in [0, 0.05) is 10.4 Å². The van der Waals surface area contributed by atoms with E-state index in [1.807, 2.05) is 0 Å². The van der Waals surface area contributed by atoms with Crippen LogP contribution in [0.15, 0.2) is 24.3 Å². The number of benzene rings is 1. The monoisotopic (exact) mass is 251 g/mol. The number of halogens is 1. The average molecular weight is 251 g/mol. The number of aryl methyl sites for hydroxylation is 1. The van der Waals surface area contributed by atoms with E-state index in [1.54, 1.807) is 25.1 Å². The highest BCUT2D eigenvalue weighted by molar-refractivity contribution is 7.12. The molecule has 0 fully saturated rings. The molecule has 0 amide bonds. The maximum Gasteiger partial charge on any atom is 0.308 e. The van der Waals surface area contributed by atoms with Crippen LogP contribution in [-0.2, 0) is 11.2 Å². The van der Waals surface area contributed by atoms with Crippen molar-refractivity contribution in [3.05, 3.63) is 40.0 Å². The molecule has 2 rings (SSSR count). The van der Waals surface area contributed by atoms with Crippen LogP contribution in [-0.4, -0.2) is 16.1 Å². The second kappa shape index (κ2) is 4.63. The van der Waals surface area contributed by atoms with Gasteiger partial charge < -0.3 is 5.11 Å². The lowest BCUT2D eigenvalue weighted by atomic mass is 10.1. The molecule has 1 heterocycles. The smallest absolute Gasteiger partial charge is 0.308 e. The van der Waals surface area contributed by atoms with Crippen molar-refractivity contribution in [3.8, 4) is 11.3 Å². The Labute approximate surface area is 102 Å². The van der Waals surface area contributed by atoms with E-state index in [0.29, 0.717) is 16.1 Å². The van der Waals surface area contributed by atoms with Crippen molar-refractivity contribution in [2.75, 3.05) is 0 Å². The fraction of sp³-hybridized carbons (Fsp3) is 0.167. The lowest BCUT2D eigenvalue weighted by Gasteiger charge is -2.01. The molecule has 0 saturated carbocycles. The summed E-state index contributed by atoms with van der Waals surface area (Å²) in [5.41, 5.74) is 0.793. The van der Waals surface area contributed by atoms with Crippen molar-refractivity contribution in [1.29, 1.82) is 0 Å². The third-order valence-electron chi connectivity index (χ3n) is 2.25. The van der Waals surface area contributed by atoms with Crippen LogP contribution >= 0.6 is 11.3 Å².